The highest BCUT2D eigenvalue weighted by molar-refractivity contribution is 5.80. The van der Waals surface area contributed by atoms with Gasteiger partial charge in [-0.2, -0.15) is 5.10 Å². The summed E-state index contributed by atoms with van der Waals surface area (Å²) in [4.78, 5) is 7.13. The van der Waals surface area contributed by atoms with Crippen molar-refractivity contribution < 1.29 is 4.74 Å². The monoisotopic (exact) mass is 387 g/mol. The minimum absolute atomic E-state index is 0.341. The van der Waals surface area contributed by atoms with Gasteiger partial charge in [0, 0.05) is 62.9 Å². The van der Waals surface area contributed by atoms with Crippen LogP contribution in [0.5, 0.6) is 0 Å². The van der Waals surface area contributed by atoms with E-state index in [2.05, 4.69) is 49.3 Å². The molecule has 2 heterocycles. The molecule has 1 saturated heterocycles. The molecule has 28 heavy (non-hydrogen) atoms. The molecule has 0 radical (unpaired) electrons. The minimum atomic E-state index is 0.341. The normalized spacial score (nSPS) is 28.6. The fourth-order valence-corrected chi connectivity index (χ4v) is 5.96. The average molecular weight is 388 g/mol. The third-order valence-electron chi connectivity index (χ3n) is 7.13. The number of nitrogens with one attached hydrogen (secondary N) is 1. The summed E-state index contributed by atoms with van der Waals surface area (Å²) >= 11 is 0. The van der Waals surface area contributed by atoms with Gasteiger partial charge in [0.2, 0.25) is 0 Å². The maximum Gasteiger partial charge on any atom is 0.194 e. The molecule has 3 atom stereocenters. The second-order valence-electron chi connectivity index (χ2n) is 9.33. The molecular weight excluding hydrogens is 350 g/mol. The number of aliphatic imine (C=N–C) groups is 1. The van der Waals surface area contributed by atoms with Crippen molar-refractivity contribution >= 4 is 5.96 Å². The molecule has 1 N–H and O–H groups in total. The summed E-state index contributed by atoms with van der Waals surface area (Å²) in [6.07, 6.45) is 9.10. The van der Waals surface area contributed by atoms with Gasteiger partial charge in [-0.1, -0.05) is 26.7 Å². The van der Waals surface area contributed by atoms with Crippen molar-refractivity contribution in [2.75, 3.05) is 20.2 Å². The van der Waals surface area contributed by atoms with Crippen LogP contribution in [0.4, 0.5) is 0 Å². The van der Waals surface area contributed by atoms with Crippen LogP contribution in [0.2, 0.25) is 0 Å². The lowest BCUT2D eigenvalue weighted by Crippen LogP contribution is -2.69. The van der Waals surface area contributed by atoms with Crippen molar-refractivity contribution in [1.82, 2.24) is 20.0 Å². The standard InChI is InChI=1S/C22H37N5O/c1-6-23-21(26(4)13-16-14-27(5)25-18(16)15(2)3)24-19-17-9-12-28-20(17)22(19)10-7-8-11-22/h14-15,17,19-20H,6-13H2,1-5H3,(H,23,24). The van der Waals surface area contributed by atoms with E-state index in [9.17, 15) is 0 Å². The minimum Gasteiger partial charge on any atom is -0.377 e. The lowest BCUT2D eigenvalue weighted by Gasteiger charge is -2.57. The van der Waals surface area contributed by atoms with Crippen LogP contribution in [0, 0.1) is 11.3 Å². The number of fused-ring (bicyclic) bond motifs is 2. The first-order valence-corrected chi connectivity index (χ1v) is 11.1. The summed E-state index contributed by atoms with van der Waals surface area (Å²) in [6, 6.07) is 0.508. The Labute approximate surface area is 169 Å². The number of nitrogens with zero attached hydrogens (tertiary/aromatic N) is 4. The molecular formula is C22H37N5O. The summed E-state index contributed by atoms with van der Waals surface area (Å²) in [5, 5.41) is 8.57. The van der Waals surface area contributed by atoms with Crippen molar-refractivity contribution in [2.24, 2.45) is 23.4 Å². The fraction of sp³-hybridized carbons (Fsp3) is 0.818. The van der Waals surface area contributed by atoms with E-state index in [0.717, 1.165) is 25.7 Å². The van der Waals surface area contributed by atoms with Crippen LogP contribution in [0.3, 0.4) is 0 Å². The van der Waals surface area contributed by atoms with Gasteiger partial charge in [0.1, 0.15) is 0 Å². The third kappa shape index (κ3) is 3.23. The van der Waals surface area contributed by atoms with Crippen LogP contribution < -0.4 is 5.32 Å². The molecule has 3 unspecified atom stereocenters. The van der Waals surface area contributed by atoms with Gasteiger partial charge in [-0.15, -0.1) is 0 Å². The fourth-order valence-electron chi connectivity index (χ4n) is 5.96. The molecule has 156 valence electrons. The van der Waals surface area contributed by atoms with Gasteiger partial charge in [-0.25, -0.2) is 0 Å². The number of ether oxygens (including phenoxy) is 1. The largest absolute Gasteiger partial charge is 0.377 e. The molecule has 1 spiro atoms. The second kappa shape index (κ2) is 7.69. The Morgan fingerprint density at radius 2 is 2.18 bits per heavy atom. The summed E-state index contributed by atoms with van der Waals surface area (Å²) in [7, 11) is 4.16. The van der Waals surface area contributed by atoms with Crippen LogP contribution in [0.1, 0.15) is 70.1 Å². The molecule has 1 aliphatic heterocycles. The highest BCUT2D eigenvalue weighted by Gasteiger charge is 2.65. The first kappa shape index (κ1) is 19.7. The van der Waals surface area contributed by atoms with Gasteiger partial charge in [0.05, 0.1) is 11.8 Å². The van der Waals surface area contributed by atoms with Gasteiger partial charge in [0.15, 0.2) is 5.96 Å². The molecule has 0 bridgehead atoms. The first-order chi connectivity index (χ1) is 13.5. The number of aryl methyl sites for hydroxylation is 1. The van der Waals surface area contributed by atoms with Gasteiger partial charge >= 0.3 is 0 Å². The van der Waals surface area contributed by atoms with Gasteiger partial charge < -0.3 is 15.0 Å². The van der Waals surface area contributed by atoms with E-state index in [1.54, 1.807) is 0 Å². The maximum atomic E-state index is 6.16. The highest BCUT2D eigenvalue weighted by Crippen LogP contribution is 2.60. The van der Waals surface area contributed by atoms with Crippen molar-refractivity contribution in [3.05, 3.63) is 17.5 Å². The molecule has 2 aliphatic carbocycles. The zero-order valence-corrected chi connectivity index (χ0v) is 18.2. The van der Waals surface area contributed by atoms with Crippen LogP contribution in [-0.2, 0) is 18.3 Å². The molecule has 3 fully saturated rings. The van der Waals surface area contributed by atoms with Crippen LogP contribution in [0.25, 0.3) is 0 Å². The van der Waals surface area contributed by atoms with E-state index < -0.39 is 0 Å². The number of hydrogen-bond acceptors (Lipinski definition) is 3. The smallest absolute Gasteiger partial charge is 0.194 e. The highest BCUT2D eigenvalue weighted by atomic mass is 16.5. The molecule has 1 aromatic heterocycles. The molecule has 6 nitrogen and oxygen atoms in total. The molecule has 6 heteroatoms. The predicted molar refractivity (Wildman–Crippen MR) is 112 cm³/mol. The van der Waals surface area contributed by atoms with E-state index in [1.807, 2.05) is 11.7 Å². The summed E-state index contributed by atoms with van der Waals surface area (Å²) in [6.45, 7) is 9.09. The molecule has 1 aromatic rings. The Morgan fingerprint density at radius 1 is 1.43 bits per heavy atom. The Kier molecular flexibility index (Phi) is 5.43. The quantitative estimate of drug-likeness (QED) is 0.622. The molecule has 3 aliphatic rings. The van der Waals surface area contributed by atoms with Crippen molar-refractivity contribution in [1.29, 1.82) is 0 Å². The summed E-state index contributed by atoms with van der Waals surface area (Å²) in [5.74, 6) is 2.11. The zero-order chi connectivity index (χ0) is 19.9. The third-order valence-corrected chi connectivity index (χ3v) is 7.13. The van der Waals surface area contributed by atoms with E-state index in [1.165, 1.54) is 43.4 Å². The Bertz CT molecular complexity index is 719. The van der Waals surface area contributed by atoms with Gasteiger partial charge in [0.25, 0.3) is 0 Å². The number of rotatable bonds is 5. The molecule has 0 aromatic carbocycles. The van der Waals surface area contributed by atoms with E-state index in [0.29, 0.717) is 29.4 Å². The first-order valence-electron chi connectivity index (χ1n) is 11.1. The van der Waals surface area contributed by atoms with Crippen LogP contribution in [-0.4, -0.2) is 53.0 Å². The topological polar surface area (TPSA) is 54.7 Å². The lowest BCUT2D eigenvalue weighted by molar-refractivity contribution is -0.125. The number of aromatic nitrogens is 2. The molecule has 0 amide bonds. The summed E-state index contributed by atoms with van der Waals surface area (Å²) < 4.78 is 8.09. The number of hydrogen-bond donors (Lipinski definition) is 1. The van der Waals surface area contributed by atoms with Crippen LogP contribution in [0.15, 0.2) is 11.2 Å². The molecule has 4 rings (SSSR count). The van der Waals surface area contributed by atoms with E-state index in [-0.39, 0.29) is 0 Å². The van der Waals surface area contributed by atoms with Crippen molar-refractivity contribution in [3.63, 3.8) is 0 Å². The summed E-state index contributed by atoms with van der Waals surface area (Å²) in [5.41, 5.74) is 2.82. The lowest BCUT2D eigenvalue weighted by atomic mass is 9.54. The Hall–Kier alpha value is -1.56. The van der Waals surface area contributed by atoms with E-state index >= 15 is 0 Å². The SMILES string of the molecule is CCN=C(NC1C2CCOC2C12CCCC2)N(C)Cc1cn(C)nc1C(C)C. The average Bonchev–Trinajstić information content (AvgIpc) is 3.37. The van der Waals surface area contributed by atoms with Crippen LogP contribution >= 0.6 is 0 Å². The van der Waals surface area contributed by atoms with Gasteiger partial charge in [-0.3, -0.25) is 9.67 Å². The Balaban J connectivity index is 1.51. The molecule has 2 saturated carbocycles. The van der Waals surface area contributed by atoms with Crippen molar-refractivity contribution in [2.45, 2.75) is 77.5 Å². The zero-order valence-electron chi connectivity index (χ0n) is 18.2. The maximum absolute atomic E-state index is 6.16. The predicted octanol–water partition coefficient (Wildman–Crippen LogP) is 3.29. The number of guanidine groups is 1. The van der Waals surface area contributed by atoms with Gasteiger partial charge in [-0.05, 0) is 32.1 Å². The Morgan fingerprint density at radius 3 is 2.86 bits per heavy atom. The van der Waals surface area contributed by atoms with Crippen molar-refractivity contribution in [3.8, 4) is 0 Å². The van der Waals surface area contributed by atoms with E-state index in [4.69, 9.17) is 9.73 Å². The second-order valence-corrected chi connectivity index (χ2v) is 9.33.